The zero-order valence-electron chi connectivity index (χ0n) is 16.1. The maximum Gasteiger partial charge on any atom is 0.262 e. The standard InChI is InChI=1S/C22H20Cl2N4O2/c23-16-5-9-20(18(24)13-16)30-14-22(29)25-17-6-3-15(4-7-17)19-8-10-21(27-26-19)28-11-1-2-12-28/h3-10,13H,1-2,11-12,14H2,(H,25,29). The molecule has 4 rings (SSSR count). The molecule has 1 saturated heterocycles. The fraction of sp³-hybridized carbons (Fsp3) is 0.227. The van der Waals surface area contributed by atoms with Crippen molar-refractivity contribution in [3.05, 3.63) is 64.6 Å². The first-order valence-electron chi connectivity index (χ1n) is 9.65. The van der Waals surface area contributed by atoms with E-state index in [1.54, 1.807) is 18.2 Å². The largest absolute Gasteiger partial charge is 0.482 e. The second-order valence-corrected chi connectivity index (χ2v) is 7.80. The number of nitrogens with zero attached hydrogens (tertiary/aromatic N) is 3. The Hall–Kier alpha value is -2.83. The van der Waals surface area contributed by atoms with Crippen LogP contribution < -0.4 is 15.0 Å². The zero-order valence-corrected chi connectivity index (χ0v) is 17.7. The molecule has 0 aliphatic carbocycles. The maximum atomic E-state index is 12.2. The number of nitrogens with one attached hydrogen (secondary N) is 1. The first-order valence-corrected chi connectivity index (χ1v) is 10.4. The Morgan fingerprint density at radius 3 is 2.43 bits per heavy atom. The van der Waals surface area contributed by atoms with Crippen LogP contribution in [0.4, 0.5) is 11.5 Å². The lowest BCUT2D eigenvalue weighted by molar-refractivity contribution is -0.118. The molecule has 1 fully saturated rings. The highest BCUT2D eigenvalue weighted by Crippen LogP contribution is 2.27. The average Bonchev–Trinajstić information content (AvgIpc) is 3.29. The van der Waals surface area contributed by atoms with Gasteiger partial charge in [0.05, 0.1) is 10.7 Å². The molecule has 0 bridgehead atoms. The van der Waals surface area contributed by atoms with Crippen molar-refractivity contribution in [1.29, 1.82) is 0 Å². The first-order chi connectivity index (χ1) is 14.6. The average molecular weight is 443 g/mol. The Balaban J connectivity index is 1.33. The summed E-state index contributed by atoms with van der Waals surface area (Å²) in [5.41, 5.74) is 2.38. The fourth-order valence-electron chi connectivity index (χ4n) is 3.25. The van der Waals surface area contributed by atoms with Crippen molar-refractivity contribution < 1.29 is 9.53 Å². The van der Waals surface area contributed by atoms with E-state index in [1.807, 2.05) is 36.4 Å². The van der Waals surface area contributed by atoms with Gasteiger partial charge in [0.2, 0.25) is 0 Å². The number of anilines is 2. The van der Waals surface area contributed by atoms with Crippen molar-refractivity contribution in [3.8, 4) is 17.0 Å². The molecule has 0 unspecified atom stereocenters. The van der Waals surface area contributed by atoms with Gasteiger partial charge in [0, 0.05) is 29.4 Å². The van der Waals surface area contributed by atoms with Gasteiger partial charge in [-0.1, -0.05) is 35.3 Å². The van der Waals surface area contributed by atoms with Gasteiger partial charge in [0.15, 0.2) is 12.4 Å². The van der Waals surface area contributed by atoms with E-state index in [2.05, 4.69) is 20.4 Å². The number of ether oxygens (including phenoxy) is 1. The van der Waals surface area contributed by atoms with Crippen molar-refractivity contribution in [2.75, 3.05) is 29.9 Å². The third-order valence-electron chi connectivity index (χ3n) is 4.80. The molecule has 2 heterocycles. The Labute approximate surface area is 184 Å². The Morgan fingerprint density at radius 1 is 1.00 bits per heavy atom. The number of halogens is 2. The van der Waals surface area contributed by atoms with Crippen LogP contribution >= 0.6 is 23.2 Å². The number of rotatable bonds is 6. The van der Waals surface area contributed by atoms with Crippen molar-refractivity contribution >= 4 is 40.6 Å². The molecule has 1 N–H and O–H groups in total. The van der Waals surface area contributed by atoms with Crippen LogP contribution in [0.25, 0.3) is 11.3 Å². The van der Waals surface area contributed by atoms with Gasteiger partial charge in [-0.2, -0.15) is 0 Å². The zero-order chi connectivity index (χ0) is 20.9. The van der Waals surface area contributed by atoms with Crippen LogP contribution in [0, 0.1) is 0 Å². The molecule has 3 aromatic rings. The summed E-state index contributed by atoms with van der Waals surface area (Å²) in [5.74, 6) is 1.03. The van der Waals surface area contributed by atoms with Crippen molar-refractivity contribution in [3.63, 3.8) is 0 Å². The fourth-order valence-corrected chi connectivity index (χ4v) is 3.71. The van der Waals surface area contributed by atoms with Crippen LogP contribution in [-0.4, -0.2) is 35.8 Å². The molecule has 2 aromatic carbocycles. The summed E-state index contributed by atoms with van der Waals surface area (Å²) in [6.45, 7) is 1.92. The van der Waals surface area contributed by atoms with Crippen LogP contribution in [0.3, 0.4) is 0 Å². The van der Waals surface area contributed by atoms with E-state index in [-0.39, 0.29) is 12.5 Å². The Kier molecular flexibility index (Phi) is 6.35. The SMILES string of the molecule is O=C(COc1ccc(Cl)cc1Cl)Nc1ccc(-c2ccc(N3CCCC3)nn2)cc1. The third kappa shape index (κ3) is 5.01. The topological polar surface area (TPSA) is 67.3 Å². The molecule has 1 aliphatic heterocycles. The van der Waals surface area contributed by atoms with Crippen LogP contribution in [0.15, 0.2) is 54.6 Å². The number of carbonyl (C=O) groups is 1. The molecule has 0 radical (unpaired) electrons. The summed E-state index contributed by atoms with van der Waals surface area (Å²) in [4.78, 5) is 14.4. The Bertz CT molecular complexity index is 1020. The highest BCUT2D eigenvalue weighted by Gasteiger charge is 2.14. The maximum absolute atomic E-state index is 12.2. The van der Waals surface area contributed by atoms with Crippen LogP contribution in [0.2, 0.25) is 10.0 Å². The Morgan fingerprint density at radius 2 is 1.77 bits per heavy atom. The van der Waals surface area contributed by atoms with Crippen LogP contribution in [0.5, 0.6) is 5.75 Å². The number of carbonyl (C=O) groups excluding carboxylic acids is 1. The van der Waals surface area contributed by atoms with E-state index >= 15 is 0 Å². The van der Waals surface area contributed by atoms with Crippen molar-refractivity contribution in [2.24, 2.45) is 0 Å². The summed E-state index contributed by atoms with van der Waals surface area (Å²) in [7, 11) is 0. The van der Waals surface area contributed by atoms with Gasteiger partial charge in [-0.15, -0.1) is 10.2 Å². The highest BCUT2D eigenvalue weighted by molar-refractivity contribution is 6.35. The van der Waals surface area contributed by atoms with Gasteiger partial charge < -0.3 is 15.0 Å². The second-order valence-electron chi connectivity index (χ2n) is 6.96. The molecule has 0 spiro atoms. The number of amides is 1. The van der Waals surface area contributed by atoms with Crippen molar-refractivity contribution in [2.45, 2.75) is 12.8 Å². The lowest BCUT2D eigenvalue weighted by atomic mass is 10.1. The van der Waals surface area contributed by atoms with Gasteiger partial charge in [-0.25, -0.2) is 0 Å². The van der Waals surface area contributed by atoms with Crippen LogP contribution in [0.1, 0.15) is 12.8 Å². The number of benzene rings is 2. The molecule has 1 aromatic heterocycles. The number of aromatic nitrogens is 2. The van der Waals surface area contributed by atoms with Gasteiger partial charge in [-0.05, 0) is 55.3 Å². The molecule has 1 amide bonds. The number of hydrogen-bond donors (Lipinski definition) is 1. The van der Waals surface area contributed by atoms with E-state index in [1.165, 1.54) is 12.8 Å². The summed E-state index contributed by atoms with van der Waals surface area (Å²) in [6.07, 6.45) is 2.41. The normalized spacial score (nSPS) is 13.3. The summed E-state index contributed by atoms with van der Waals surface area (Å²) < 4.78 is 5.45. The minimum Gasteiger partial charge on any atom is -0.482 e. The monoisotopic (exact) mass is 442 g/mol. The van der Waals surface area contributed by atoms with Crippen LogP contribution in [-0.2, 0) is 4.79 Å². The van der Waals surface area contributed by atoms with Gasteiger partial charge in [0.1, 0.15) is 5.75 Å². The molecule has 8 heteroatoms. The molecular weight excluding hydrogens is 423 g/mol. The number of hydrogen-bond acceptors (Lipinski definition) is 5. The lowest BCUT2D eigenvalue weighted by Gasteiger charge is -2.15. The molecule has 0 saturated carbocycles. The van der Waals surface area contributed by atoms with Crippen molar-refractivity contribution in [1.82, 2.24) is 10.2 Å². The molecule has 0 atom stereocenters. The van der Waals surface area contributed by atoms with Gasteiger partial charge in [-0.3, -0.25) is 4.79 Å². The van der Waals surface area contributed by atoms with E-state index in [0.29, 0.717) is 21.5 Å². The predicted octanol–water partition coefficient (Wildman–Crippen LogP) is 5.07. The summed E-state index contributed by atoms with van der Waals surface area (Å²) in [6, 6.07) is 16.2. The van der Waals surface area contributed by atoms with E-state index in [4.69, 9.17) is 27.9 Å². The van der Waals surface area contributed by atoms with E-state index < -0.39 is 0 Å². The summed E-state index contributed by atoms with van der Waals surface area (Å²) in [5, 5.41) is 12.3. The smallest absolute Gasteiger partial charge is 0.262 e. The lowest BCUT2D eigenvalue weighted by Crippen LogP contribution is -2.20. The summed E-state index contributed by atoms with van der Waals surface area (Å²) >= 11 is 11.9. The predicted molar refractivity (Wildman–Crippen MR) is 120 cm³/mol. The molecule has 154 valence electrons. The quantitative estimate of drug-likeness (QED) is 0.577. The molecule has 6 nitrogen and oxygen atoms in total. The van der Waals surface area contributed by atoms with E-state index in [9.17, 15) is 4.79 Å². The second kappa shape index (κ2) is 9.32. The van der Waals surface area contributed by atoms with E-state index in [0.717, 1.165) is 30.2 Å². The third-order valence-corrected chi connectivity index (χ3v) is 5.33. The minimum absolute atomic E-state index is 0.160. The molecule has 30 heavy (non-hydrogen) atoms. The van der Waals surface area contributed by atoms with Gasteiger partial charge >= 0.3 is 0 Å². The highest BCUT2D eigenvalue weighted by atomic mass is 35.5. The molecular formula is C22H20Cl2N4O2. The minimum atomic E-state index is -0.288. The molecule has 1 aliphatic rings. The van der Waals surface area contributed by atoms with Gasteiger partial charge in [0.25, 0.3) is 5.91 Å². The first kappa shape index (κ1) is 20.4.